The van der Waals surface area contributed by atoms with Gasteiger partial charge in [0.2, 0.25) is 0 Å². The molecule has 0 saturated carbocycles. The van der Waals surface area contributed by atoms with E-state index in [1.54, 1.807) is 0 Å². The molecule has 154 valence electrons. The lowest BCUT2D eigenvalue weighted by Gasteiger charge is -2.37. The topological polar surface area (TPSA) is 24.5 Å². The molecule has 3 heteroatoms. The number of rotatable bonds is 8. The summed E-state index contributed by atoms with van der Waals surface area (Å²) in [6.45, 7) is 3.06. The van der Waals surface area contributed by atoms with E-state index in [4.69, 9.17) is 4.74 Å². The van der Waals surface area contributed by atoms with E-state index >= 15 is 0 Å². The summed E-state index contributed by atoms with van der Waals surface area (Å²) >= 11 is 0. The van der Waals surface area contributed by atoms with Gasteiger partial charge in [-0.15, -0.1) is 0 Å². The maximum atomic E-state index is 6.06. The lowest BCUT2D eigenvalue weighted by atomic mass is 9.77. The zero-order valence-electron chi connectivity index (χ0n) is 18.0. The molecule has 0 bridgehead atoms. The number of hydrogen-bond acceptors (Lipinski definition) is 3. The van der Waals surface area contributed by atoms with Gasteiger partial charge in [0.25, 0.3) is 0 Å². The highest BCUT2D eigenvalue weighted by molar-refractivity contribution is 5.62. The van der Waals surface area contributed by atoms with Crippen molar-refractivity contribution in [2.45, 2.75) is 51.0 Å². The molecule has 0 amide bonds. The predicted molar refractivity (Wildman–Crippen MR) is 123 cm³/mol. The Morgan fingerprint density at radius 3 is 2.62 bits per heavy atom. The predicted octanol–water partition coefficient (Wildman–Crippen LogP) is 6.54. The lowest BCUT2D eigenvalue weighted by molar-refractivity contribution is 0.304. The van der Waals surface area contributed by atoms with E-state index in [1.165, 1.54) is 41.8 Å². The fourth-order valence-corrected chi connectivity index (χ4v) is 4.69. The van der Waals surface area contributed by atoms with Gasteiger partial charge in [-0.05, 0) is 60.2 Å². The monoisotopic (exact) mass is 390 g/mol. The second-order valence-electron chi connectivity index (χ2n) is 8.62. The first kappa shape index (κ1) is 19.9. The van der Waals surface area contributed by atoms with Crippen molar-refractivity contribution in [2.24, 2.45) is 5.92 Å². The Bertz CT molecular complexity index is 840. The van der Waals surface area contributed by atoms with Crippen LogP contribution in [0.2, 0.25) is 0 Å². The van der Waals surface area contributed by atoms with E-state index < -0.39 is 0 Å². The number of hydrogen-bond donors (Lipinski definition) is 1. The molecular formula is C26H34N2O. The average Bonchev–Trinajstić information content (AvgIpc) is 3.23. The second-order valence-corrected chi connectivity index (χ2v) is 8.62. The number of ether oxygens (including phenoxy) is 1. The molecule has 4 rings (SSSR count). The van der Waals surface area contributed by atoms with Crippen LogP contribution in [0.3, 0.4) is 0 Å². The van der Waals surface area contributed by atoms with Gasteiger partial charge in [-0.2, -0.15) is 0 Å². The summed E-state index contributed by atoms with van der Waals surface area (Å²) < 4.78 is 6.06. The molecular weight excluding hydrogens is 356 g/mol. The van der Waals surface area contributed by atoms with E-state index in [9.17, 15) is 0 Å². The largest absolute Gasteiger partial charge is 0.494 e. The number of unbranched alkanes of at least 4 members (excludes halogenated alkanes) is 3. The molecule has 2 aliphatic rings. The minimum absolute atomic E-state index is 0.347. The maximum Gasteiger partial charge on any atom is 0.119 e. The van der Waals surface area contributed by atoms with Gasteiger partial charge in [0.1, 0.15) is 5.75 Å². The Morgan fingerprint density at radius 2 is 1.86 bits per heavy atom. The second kappa shape index (κ2) is 8.94. The van der Waals surface area contributed by atoms with Crippen molar-refractivity contribution >= 4 is 11.4 Å². The van der Waals surface area contributed by atoms with Crippen LogP contribution in [0.5, 0.6) is 5.75 Å². The number of fused-ring (bicyclic) bond motifs is 3. The van der Waals surface area contributed by atoms with Crippen LogP contribution in [0.15, 0.2) is 54.6 Å². The summed E-state index contributed by atoms with van der Waals surface area (Å²) in [6, 6.07) is 15.9. The summed E-state index contributed by atoms with van der Waals surface area (Å²) in [4.78, 5) is 2.15. The van der Waals surface area contributed by atoms with Crippen LogP contribution in [0.1, 0.15) is 62.1 Å². The minimum Gasteiger partial charge on any atom is -0.494 e. The van der Waals surface area contributed by atoms with Crippen LogP contribution >= 0.6 is 0 Å². The highest BCUT2D eigenvalue weighted by Crippen LogP contribution is 2.50. The van der Waals surface area contributed by atoms with E-state index in [2.05, 4.69) is 85.9 Å². The van der Waals surface area contributed by atoms with Gasteiger partial charge in [-0.3, -0.25) is 0 Å². The number of allylic oxidation sites excluding steroid dienone is 2. The SMILES string of the molecule is CCCCCCOc1ccc2c(c1)C1C=CCC1C(c1ccc(N(C)C)cc1)N2. The van der Waals surface area contributed by atoms with Crippen LogP contribution in [-0.4, -0.2) is 20.7 Å². The fourth-order valence-electron chi connectivity index (χ4n) is 4.69. The molecule has 0 aromatic heterocycles. The normalized spacial score (nSPS) is 22.0. The Hall–Kier alpha value is -2.42. The standard InChI is InChI=1S/C26H34N2O/c1-4-5-6-7-17-29-21-15-16-25-24(18-21)22-9-8-10-23(22)26(27-25)19-11-13-20(14-12-19)28(2)3/h8-9,11-16,18,22-23,26-27H,4-7,10,17H2,1-3H3. The van der Waals surface area contributed by atoms with Crippen molar-refractivity contribution < 1.29 is 4.74 Å². The zero-order chi connectivity index (χ0) is 20.2. The molecule has 3 unspecified atom stereocenters. The minimum atomic E-state index is 0.347. The van der Waals surface area contributed by atoms with Gasteiger partial charge < -0.3 is 15.0 Å². The average molecular weight is 391 g/mol. The smallest absolute Gasteiger partial charge is 0.119 e. The third kappa shape index (κ3) is 4.29. The Balaban J connectivity index is 1.51. The van der Waals surface area contributed by atoms with Crippen LogP contribution in [0.4, 0.5) is 11.4 Å². The van der Waals surface area contributed by atoms with Gasteiger partial charge in [0, 0.05) is 31.4 Å². The van der Waals surface area contributed by atoms with Gasteiger partial charge >= 0.3 is 0 Å². The van der Waals surface area contributed by atoms with Crippen molar-refractivity contribution in [3.63, 3.8) is 0 Å². The highest BCUT2D eigenvalue weighted by Gasteiger charge is 2.38. The lowest BCUT2D eigenvalue weighted by Crippen LogP contribution is -2.29. The summed E-state index contributed by atoms with van der Waals surface area (Å²) in [7, 11) is 4.18. The number of nitrogens with one attached hydrogen (secondary N) is 1. The molecule has 2 aromatic rings. The quantitative estimate of drug-likeness (QED) is 0.409. The van der Waals surface area contributed by atoms with Gasteiger partial charge in [0.15, 0.2) is 0 Å². The zero-order valence-corrected chi connectivity index (χ0v) is 18.0. The van der Waals surface area contributed by atoms with Crippen molar-refractivity contribution in [3.8, 4) is 5.75 Å². The first-order chi connectivity index (χ1) is 14.2. The Morgan fingerprint density at radius 1 is 1.03 bits per heavy atom. The molecule has 3 nitrogen and oxygen atoms in total. The van der Waals surface area contributed by atoms with Crippen LogP contribution in [-0.2, 0) is 0 Å². The van der Waals surface area contributed by atoms with Gasteiger partial charge in [0.05, 0.1) is 12.6 Å². The molecule has 1 heterocycles. The molecule has 0 fully saturated rings. The summed E-state index contributed by atoms with van der Waals surface area (Å²) in [5.74, 6) is 2.04. The highest BCUT2D eigenvalue weighted by atomic mass is 16.5. The molecule has 0 saturated heterocycles. The Labute approximate surface area is 175 Å². The van der Waals surface area contributed by atoms with Crippen molar-refractivity contribution in [1.82, 2.24) is 0 Å². The fraction of sp³-hybridized carbons (Fsp3) is 0.462. The summed E-state index contributed by atoms with van der Waals surface area (Å²) in [6.07, 6.45) is 10.8. The first-order valence-electron chi connectivity index (χ1n) is 11.1. The molecule has 0 radical (unpaired) electrons. The van der Waals surface area contributed by atoms with Crippen LogP contribution < -0.4 is 15.0 Å². The molecule has 2 aromatic carbocycles. The van der Waals surface area contributed by atoms with E-state index in [0.717, 1.165) is 25.2 Å². The molecule has 1 aliphatic heterocycles. The Kier molecular flexibility index (Phi) is 6.13. The molecule has 1 N–H and O–H groups in total. The number of benzene rings is 2. The third-order valence-electron chi connectivity index (χ3n) is 6.37. The van der Waals surface area contributed by atoms with E-state index in [1.807, 2.05) is 0 Å². The molecule has 29 heavy (non-hydrogen) atoms. The molecule has 0 spiro atoms. The molecule has 1 aliphatic carbocycles. The van der Waals surface area contributed by atoms with E-state index in [0.29, 0.717) is 17.9 Å². The first-order valence-corrected chi connectivity index (χ1v) is 11.1. The maximum absolute atomic E-state index is 6.06. The van der Waals surface area contributed by atoms with Gasteiger partial charge in [-0.1, -0.05) is 50.5 Å². The van der Waals surface area contributed by atoms with Crippen LogP contribution in [0.25, 0.3) is 0 Å². The van der Waals surface area contributed by atoms with Crippen molar-refractivity contribution in [3.05, 3.63) is 65.7 Å². The number of nitrogens with zero attached hydrogens (tertiary/aromatic N) is 1. The third-order valence-corrected chi connectivity index (χ3v) is 6.37. The van der Waals surface area contributed by atoms with Crippen molar-refractivity contribution in [2.75, 3.05) is 30.9 Å². The van der Waals surface area contributed by atoms with Gasteiger partial charge in [-0.25, -0.2) is 0 Å². The number of anilines is 2. The summed E-state index contributed by atoms with van der Waals surface area (Å²) in [5, 5.41) is 3.84. The summed E-state index contributed by atoms with van der Waals surface area (Å²) in [5.41, 5.74) is 5.25. The van der Waals surface area contributed by atoms with Crippen LogP contribution in [0, 0.1) is 5.92 Å². The molecule has 3 atom stereocenters. The van der Waals surface area contributed by atoms with E-state index in [-0.39, 0.29) is 0 Å². The van der Waals surface area contributed by atoms with Crippen molar-refractivity contribution in [1.29, 1.82) is 0 Å².